The van der Waals surface area contributed by atoms with Crippen LogP contribution in [-0.4, -0.2) is 48.1 Å². The molecule has 1 aromatic rings. The van der Waals surface area contributed by atoms with Gasteiger partial charge in [0.05, 0.1) is 24.5 Å². The van der Waals surface area contributed by atoms with Crippen LogP contribution in [0.3, 0.4) is 0 Å². The number of hydrogen-bond acceptors (Lipinski definition) is 4. The summed E-state index contributed by atoms with van der Waals surface area (Å²) in [5, 5.41) is 3.36. The third-order valence-corrected chi connectivity index (χ3v) is 3.23. The van der Waals surface area contributed by atoms with Crippen molar-refractivity contribution in [2.75, 3.05) is 31.6 Å². The van der Waals surface area contributed by atoms with Gasteiger partial charge in [-0.25, -0.2) is 0 Å². The number of morpholine rings is 1. The summed E-state index contributed by atoms with van der Waals surface area (Å²) in [5.41, 5.74) is 1.60. The van der Waals surface area contributed by atoms with Crippen LogP contribution in [0.2, 0.25) is 0 Å². The number of hydrogen-bond donors (Lipinski definition) is 1. The van der Waals surface area contributed by atoms with Crippen LogP contribution < -0.4 is 5.32 Å². The second-order valence-electron chi connectivity index (χ2n) is 4.79. The van der Waals surface area contributed by atoms with E-state index in [1.54, 1.807) is 12.4 Å². The average molecular weight is 247 g/mol. The van der Waals surface area contributed by atoms with Gasteiger partial charge in [-0.15, -0.1) is 0 Å². The van der Waals surface area contributed by atoms with E-state index in [-0.39, 0.29) is 5.91 Å². The molecule has 1 amide bonds. The number of nitrogens with zero attached hydrogens (tertiary/aromatic N) is 2. The van der Waals surface area contributed by atoms with Crippen molar-refractivity contribution in [1.82, 2.24) is 9.88 Å². The van der Waals surface area contributed by atoms with Gasteiger partial charge in [-0.1, -0.05) is 0 Å². The highest BCUT2D eigenvalue weighted by Gasteiger charge is 2.22. The molecule has 2 aliphatic rings. The number of amides is 1. The normalized spacial score (nSPS) is 19.7. The first-order valence-corrected chi connectivity index (χ1v) is 6.41. The summed E-state index contributed by atoms with van der Waals surface area (Å²) >= 11 is 0. The molecular formula is C13H17N3O2. The van der Waals surface area contributed by atoms with Gasteiger partial charge in [0, 0.05) is 31.5 Å². The molecule has 2 heterocycles. The van der Waals surface area contributed by atoms with E-state index >= 15 is 0 Å². The molecule has 0 spiro atoms. The molecule has 5 heteroatoms. The molecule has 1 saturated heterocycles. The molecule has 96 valence electrons. The van der Waals surface area contributed by atoms with Crippen LogP contribution in [0.25, 0.3) is 0 Å². The first-order valence-electron chi connectivity index (χ1n) is 6.41. The number of nitrogens with one attached hydrogen (secondary N) is 1. The fourth-order valence-electron chi connectivity index (χ4n) is 2.05. The van der Waals surface area contributed by atoms with Crippen molar-refractivity contribution in [2.45, 2.75) is 18.9 Å². The number of carbonyl (C=O) groups excluding carboxylic acids is 1. The van der Waals surface area contributed by atoms with Gasteiger partial charge in [0.1, 0.15) is 0 Å². The molecule has 0 atom stereocenters. The van der Waals surface area contributed by atoms with Crippen molar-refractivity contribution in [3.63, 3.8) is 0 Å². The topological polar surface area (TPSA) is 54.5 Å². The Labute approximate surface area is 106 Å². The van der Waals surface area contributed by atoms with E-state index in [4.69, 9.17) is 4.74 Å². The largest absolute Gasteiger partial charge is 0.381 e. The van der Waals surface area contributed by atoms with Crippen LogP contribution in [0.4, 0.5) is 5.69 Å². The third-order valence-electron chi connectivity index (χ3n) is 3.23. The summed E-state index contributed by atoms with van der Waals surface area (Å²) in [4.78, 5) is 18.2. The van der Waals surface area contributed by atoms with Gasteiger partial charge in [-0.3, -0.25) is 9.78 Å². The molecule has 2 fully saturated rings. The molecule has 3 rings (SSSR count). The molecular weight excluding hydrogens is 230 g/mol. The number of pyridine rings is 1. The van der Waals surface area contributed by atoms with Crippen LogP contribution in [0, 0.1) is 0 Å². The maximum Gasteiger partial charge on any atom is 0.255 e. The lowest BCUT2D eigenvalue weighted by Crippen LogP contribution is -2.40. The summed E-state index contributed by atoms with van der Waals surface area (Å²) in [5.74, 6) is 0.0465. The minimum atomic E-state index is 0.0465. The van der Waals surface area contributed by atoms with Crippen molar-refractivity contribution in [1.29, 1.82) is 0 Å². The molecule has 0 bridgehead atoms. The first-order chi connectivity index (χ1) is 8.83. The number of aromatic nitrogens is 1. The molecule has 0 unspecified atom stereocenters. The minimum Gasteiger partial charge on any atom is -0.381 e. The lowest BCUT2D eigenvalue weighted by Gasteiger charge is -2.26. The molecule has 1 aliphatic carbocycles. The summed E-state index contributed by atoms with van der Waals surface area (Å²) in [6, 6.07) is 2.46. The van der Waals surface area contributed by atoms with E-state index in [1.165, 1.54) is 12.8 Å². The number of rotatable bonds is 3. The van der Waals surface area contributed by atoms with E-state index in [1.807, 2.05) is 11.0 Å². The zero-order chi connectivity index (χ0) is 12.4. The Balaban J connectivity index is 1.71. The van der Waals surface area contributed by atoms with E-state index in [2.05, 4.69) is 10.3 Å². The molecule has 18 heavy (non-hydrogen) atoms. The second-order valence-corrected chi connectivity index (χ2v) is 4.79. The minimum absolute atomic E-state index is 0.0465. The lowest BCUT2D eigenvalue weighted by molar-refractivity contribution is 0.0302. The summed E-state index contributed by atoms with van der Waals surface area (Å²) in [7, 11) is 0. The van der Waals surface area contributed by atoms with Gasteiger partial charge >= 0.3 is 0 Å². The summed E-state index contributed by atoms with van der Waals surface area (Å²) in [6.07, 6.45) is 5.83. The molecule has 1 saturated carbocycles. The fourth-order valence-corrected chi connectivity index (χ4v) is 2.05. The molecule has 0 radical (unpaired) electrons. The van der Waals surface area contributed by atoms with Crippen molar-refractivity contribution in [3.8, 4) is 0 Å². The average Bonchev–Trinajstić information content (AvgIpc) is 3.23. The van der Waals surface area contributed by atoms with Gasteiger partial charge in [0.2, 0.25) is 0 Å². The Hall–Kier alpha value is -1.62. The number of anilines is 1. The number of ether oxygens (including phenoxy) is 1. The highest BCUT2D eigenvalue weighted by Crippen LogP contribution is 2.24. The van der Waals surface area contributed by atoms with E-state index in [0.717, 1.165) is 5.69 Å². The van der Waals surface area contributed by atoms with Crippen molar-refractivity contribution >= 4 is 11.6 Å². The van der Waals surface area contributed by atoms with Crippen LogP contribution in [-0.2, 0) is 4.74 Å². The molecule has 5 nitrogen and oxygen atoms in total. The zero-order valence-electron chi connectivity index (χ0n) is 10.3. The SMILES string of the molecule is O=C(c1cncc(NC2CC2)c1)N1CCOCC1. The van der Waals surface area contributed by atoms with Gasteiger partial charge in [0.15, 0.2) is 0 Å². The Kier molecular flexibility index (Phi) is 3.15. The maximum atomic E-state index is 12.3. The first kappa shape index (κ1) is 11.5. The van der Waals surface area contributed by atoms with Gasteiger partial charge in [-0.2, -0.15) is 0 Å². The predicted octanol–water partition coefficient (Wildman–Crippen LogP) is 1.13. The summed E-state index contributed by atoms with van der Waals surface area (Å²) in [6.45, 7) is 2.58. The Morgan fingerprint density at radius 1 is 1.33 bits per heavy atom. The Morgan fingerprint density at radius 3 is 2.83 bits per heavy atom. The zero-order valence-corrected chi connectivity index (χ0v) is 10.3. The molecule has 1 N–H and O–H groups in total. The quantitative estimate of drug-likeness (QED) is 0.870. The molecule has 1 aliphatic heterocycles. The summed E-state index contributed by atoms with van der Waals surface area (Å²) < 4.78 is 5.25. The molecule has 1 aromatic heterocycles. The van der Waals surface area contributed by atoms with Gasteiger partial charge in [0.25, 0.3) is 5.91 Å². The van der Waals surface area contributed by atoms with Crippen molar-refractivity contribution < 1.29 is 9.53 Å². The monoisotopic (exact) mass is 247 g/mol. The smallest absolute Gasteiger partial charge is 0.255 e. The van der Waals surface area contributed by atoms with Crippen molar-refractivity contribution in [2.24, 2.45) is 0 Å². The molecule has 0 aromatic carbocycles. The van der Waals surface area contributed by atoms with E-state index in [0.29, 0.717) is 37.9 Å². The maximum absolute atomic E-state index is 12.3. The van der Waals surface area contributed by atoms with Crippen LogP contribution >= 0.6 is 0 Å². The predicted molar refractivity (Wildman–Crippen MR) is 67.6 cm³/mol. The van der Waals surface area contributed by atoms with E-state index in [9.17, 15) is 4.79 Å². The van der Waals surface area contributed by atoms with Gasteiger partial charge < -0.3 is 15.0 Å². The highest BCUT2D eigenvalue weighted by molar-refractivity contribution is 5.94. The lowest BCUT2D eigenvalue weighted by atomic mass is 10.2. The standard InChI is InChI=1S/C13H17N3O2/c17-13(16-3-5-18-6-4-16)10-7-12(9-14-8-10)15-11-1-2-11/h7-9,11,15H,1-6H2. The van der Waals surface area contributed by atoms with E-state index < -0.39 is 0 Å². The fraction of sp³-hybridized carbons (Fsp3) is 0.538. The third kappa shape index (κ3) is 2.61. The Bertz CT molecular complexity index is 440. The van der Waals surface area contributed by atoms with Crippen molar-refractivity contribution in [3.05, 3.63) is 24.0 Å². The van der Waals surface area contributed by atoms with Crippen LogP contribution in [0.15, 0.2) is 18.5 Å². The van der Waals surface area contributed by atoms with Gasteiger partial charge in [-0.05, 0) is 18.9 Å². The Morgan fingerprint density at radius 2 is 2.11 bits per heavy atom. The number of carbonyl (C=O) groups is 1. The van der Waals surface area contributed by atoms with Crippen LogP contribution in [0.1, 0.15) is 23.2 Å². The highest BCUT2D eigenvalue weighted by atomic mass is 16.5. The second kappa shape index (κ2) is 4.94. The van der Waals surface area contributed by atoms with Crippen LogP contribution in [0.5, 0.6) is 0 Å².